The van der Waals surface area contributed by atoms with Gasteiger partial charge in [-0.25, -0.2) is 0 Å². The Hall–Kier alpha value is -1.43. The summed E-state index contributed by atoms with van der Waals surface area (Å²) in [6, 6.07) is 0.144. The maximum Gasteiger partial charge on any atom is 0.234 e. The molecular weight excluding hydrogens is 280 g/mol. The smallest absolute Gasteiger partial charge is 0.234 e. The van der Waals surface area contributed by atoms with Crippen molar-refractivity contribution in [3.63, 3.8) is 0 Å². The van der Waals surface area contributed by atoms with E-state index in [1.807, 2.05) is 0 Å². The number of aromatic nitrogens is 2. The van der Waals surface area contributed by atoms with Crippen LogP contribution in [0.3, 0.4) is 0 Å². The van der Waals surface area contributed by atoms with Crippen molar-refractivity contribution in [2.45, 2.75) is 56.9 Å². The van der Waals surface area contributed by atoms with Crippen LogP contribution in [0.15, 0.2) is 4.52 Å². The van der Waals surface area contributed by atoms with Crippen molar-refractivity contribution in [2.75, 3.05) is 19.6 Å². The Morgan fingerprint density at radius 2 is 2.09 bits per heavy atom. The second-order valence-corrected chi connectivity index (χ2v) is 6.99. The van der Waals surface area contributed by atoms with Crippen molar-refractivity contribution in [3.05, 3.63) is 11.7 Å². The van der Waals surface area contributed by atoms with E-state index in [0.29, 0.717) is 18.4 Å². The molecular formula is C16H24N4O2. The maximum absolute atomic E-state index is 12.1. The van der Waals surface area contributed by atoms with Gasteiger partial charge in [0.15, 0.2) is 5.82 Å². The molecule has 120 valence electrons. The molecule has 4 rings (SSSR count). The quantitative estimate of drug-likeness (QED) is 0.870. The molecule has 2 heterocycles. The summed E-state index contributed by atoms with van der Waals surface area (Å²) in [7, 11) is 0. The minimum absolute atomic E-state index is 0.129. The Labute approximate surface area is 130 Å². The topological polar surface area (TPSA) is 71.3 Å². The van der Waals surface area contributed by atoms with Crippen molar-refractivity contribution < 1.29 is 9.32 Å². The molecule has 1 atom stereocenters. The van der Waals surface area contributed by atoms with Crippen molar-refractivity contribution >= 4 is 5.91 Å². The fourth-order valence-corrected chi connectivity index (χ4v) is 3.38. The lowest BCUT2D eigenvalue weighted by molar-refractivity contribution is -0.122. The summed E-state index contributed by atoms with van der Waals surface area (Å²) in [5, 5.41) is 7.23. The van der Waals surface area contributed by atoms with Crippen molar-refractivity contribution in [1.82, 2.24) is 20.4 Å². The number of likely N-dealkylation sites (tertiary alicyclic amines) is 1. The number of hydrogen-bond donors (Lipinski definition) is 1. The Bertz CT molecular complexity index is 536. The van der Waals surface area contributed by atoms with Gasteiger partial charge < -0.3 is 9.84 Å². The van der Waals surface area contributed by atoms with Crippen molar-refractivity contribution in [2.24, 2.45) is 5.92 Å². The van der Waals surface area contributed by atoms with Gasteiger partial charge in [-0.15, -0.1) is 0 Å². The van der Waals surface area contributed by atoms with Crippen LogP contribution >= 0.6 is 0 Å². The molecule has 0 spiro atoms. The Morgan fingerprint density at radius 1 is 1.23 bits per heavy atom. The molecule has 3 aliphatic rings. The molecule has 1 amide bonds. The predicted octanol–water partition coefficient (Wildman–Crippen LogP) is 2.00. The van der Waals surface area contributed by atoms with Gasteiger partial charge >= 0.3 is 0 Å². The predicted molar refractivity (Wildman–Crippen MR) is 80.2 cm³/mol. The van der Waals surface area contributed by atoms with Crippen LogP contribution in [0.25, 0.3) is 0 Å². The molecule has 1 unspecified atom stereocenters. The van der Waals surface area contributed by atoms with Crippen LogP contribution in [0.2, 0.25) is 0 Å². The van der Waals surface area contributed by atoms with E-state index in [1.54, 1.807) is 0 Å². The first-order valence-corrected chi connectivity index (χ1v) is 8.64. The van der Waals surface area contributed by atoms with E-state index in [4.69, 9.17) is 4.52 Å². The number of nitrogens with one attached hydrogen (secondary N) is 1. The number of carbonyl (C=O) groups is 1. The van der Waals surface area contributed by atoms with Gasteiger partial charge in [-0.3, -0.25) is 9.69 Å². The molecule has 1 N–H and O–H groups in total. The Balaban J connectivity index is 1.32. The summed E-state index contributed by atoms with van der Waals surface area (Å²) >= 11 is 0. The van der Waals surface area contributed by atoms with Gasteiger partial charge in [0.2, 0.25) is 11.8 Å². The number of amides is 1. The maximum atomic E-state index is 12.1. The van der Waals surface area contributed by atoms with Gasteiger partial charge in [0.25, 0.3) is 0 Å². The fraction of sp³-hybridized carbons (Fsp3) is 0.812. The molecule has 1 saturated heterocycles. The molecule has 0 aromatic carbocycles. The van der Waals surface area contributed by atoms with Crippen molar-refractivity contribution in [1.29, 1.82) is 0 Å². The standard InChI is InChI=1S/C16H24N4O2/c21-14(17-9-11-3-1-4-11)10-20-8-2-5-13(20)15-18-16(22-19-15)12-6-7-12/h11-13H,1-10H2,(H,17,21). The molecule has 0 radical (unpaired) electrons. The highest BCUT2D eigenvalue weighted by Gasteiger charge is 2.34. The van der Waals surface area contributed by atoms with E-state index in [0.717, 1.165) is 37.6 Å². The highest BCUT2D eigenvalue weighted by atomic mass is 16.5. The van der Waals surface area contributed by atoms with Crippen LogP contribution in [0.4, 0.5) is 0 Å². The zero-order chi connectivity index (χ0) is 14.9. The third-order valence-corrected chi connectivity index (χ3v) is 5.21. The molecule has 22 heavy (non-hydrogen) atoms. The Kier molecular flexibility index (Phi) is 3.86. The van der Waals surface area contributed by atoms with E-state index in [1.165, 1.54) is 32.1 Å². The summed E-state index contributed by atoms with van der Waals surface area (Å²) in [5.41, 5.74) is 0. The second-order valence-electron chi connectivity index (χ2n) is 6.99. The third-order valence-electron chi connectivity index (χ3n) is 5.21. The second kappa shape index (κ2) is 5.99. The molecule has 3 fully saturated rings. The largest absolute Gasteiger partial charge is 0.355 e. The average molecular weight is 304 g/mol. The Morgan fingerprint density at radius 3 is 2.82 bits per heavy atom. The number of rotatable bonds is 6. The molecule has 1 aromatic heterocycles. The van der Waals surface area contributed by atoms with E-state index >= 15 is 0 Å². The lowest BCUT2D eigenvalue weighted by Gasteiger charge is -2.26. The molecule has 1 aromatic rings. The van der Waals surface area contributed by atoms with Gasteiger partial charge in [-0.1, -0.05) is 11.6 Å². The zero-order valence-electron chi connectivity index (χ0n) is 13.0. The summed E-state index contributed by atoms with van der Waals surface area (Å²) in [6.07, 6.45) is 8.28. The lowest BCUT2D eigenvalue weighted by atomic mass is 9.85. The van der Waals surface area contributed by atoms with Crippen LogP contribution < -0.4 is 5.32 Å². The van der Waals surface area contributed by atoms with E-state index in [-0.39, 0.29) is 11.9 Å². The van der Waals surface area contributed by atoms with Gasteiger partial charge in [-0.05, 0) is 51.0 Å². The first-order chi connectivity index (χ1) is 10.8. The number of hydrogen-bond acceptors (Lipinski definition) is 5. The zero-order valence-corrected chi connectivity index (χ0v) is 13.0. The minimum atomic E-state index is 0.129. The monoisotopic (exact) mass is 304 g/mol. The summed E-state index contributed by atoms with van der Waals surface area (Å²) in [5.74, 6) is 2.88. The first-order valence-electron chi connectivity index (χ1n) is 8.64. The highest BCUT2D eigenvalue weighted by Crippen LogP contribution is 2.40. The summed E-state index contributed by atoms with van der Waals surface area (Å²) in [4.78, 5) is 18.9. The first kappa shape index (κ1) is 14.2. The van der Waals surface area contributed by atoms with Crippen LogP contribution in [0.5, 0.6) is 0 Å². The van der Waals surface area contributed by atoms with E-state index in [2.05, 4.69) is 20.4 Å². The summed E-state index contributed by atoms with van der Waals surface area (Å²) in [6.45, 7) is 2.23. The fourth-order valence-electron chi connectivity index (χ4n) is 3.38. The molecule has 6 heteroatoms. The van der Waals surface area contributed by atoms with E-state index in [9.17, 15) is 4.79 Å². The minimum Gasteiger partial charge on any atom is -0.355 e. The van der Waals surface area contributed by atoms with Gasteiger partial charge in [-0.2, -0.15) is 4.98 Å². The third kappa shape index (κ3) is 3.02. The number of carbonyl (C=O) groups excluding carboxylic acids is 1. The highest BCUT2D eigenvalue weighted by molar-refractivity contribution is 5.78. The molecule has 0 bridgehead atoms. The molecule has 1 aliphatic heterocycles. The van der Waals surface area contributed by atoms with E-state index < -0.39 is 0 Å². The molecule has 2 saturated carbocycles. The van der Waals surface area contributed by atoms with Crippen LogP contribution in [-0.4, -0.2) is 40.6 Å². The van der Waals surface area contributed by atoms with Crippen LogP contribution in [-0.2, 0) is 4.79 Å². The van der Waals surface area contributed by atoms with Gasteiger partial charge in [0, 0.05) is 12.5 Å². The van der Waals surface area contributed by atoms with Gasteiger partial charge in [0.1, 0.15) is 0 Å². The normalized spacial score (nSPS) is 26.1. The SMILES string of the molecule is O=C(CN1CCCC1c1noc(C2CC2)n1)NCC1CCC1. The van der Waals surface area contributed by atoms with Crippen LogP contribution in [0, 0.1) is 5.92 Å². The summed E-state index contributed by atoms with van der Waals surface area (Å²) < 4.78 is 5.37. The number of nitrogens with zero attached hydrogens (tertiary/aromatic N) is 3. The van der Waals surface area contributed by atoms with Crippen molar-refractivity contribution in [3.8, 4) is 0 Å². The van der Waals surface area contributed by atoms with Crippen LogP contribution in [0.1, 0.15) is 68.6 Å². The molecule has 6 nitrogen and oxygen atoms in total. The lowest BCUT2D eigenvalue weighted by Crippen LogP contribution is -2.40. The van der Waals surface area contributed by atoms with Gasteiger partial charge in [0.05, 0.1) is 12.6 Å². The average Bonchev–Trinajstić information content (AvgIpc) is 3.01. The molecule has 2 aliphatic carbocycles.